The second-order valence-corrected chi connectivity index (χ2v) is 5.01. The maximum atomic E-state index is 3.50. The molecule has 0 amide bonds. The molecule has 0 aromatic rings. The van der Waals surface area contributed by atoms with Crippen molar-refractivity contribution in [3.8, 4) is 0 Å². The molecule has 2 heteroatoms. The number of likely N-dealkylation sites (tertiary alicyclic amines) is 1. The van der Waals surface area contributed by atoms with Crippen molar-refractivity contribution in [2.75, 3.05) is 26.2 Å². The first kappa shape index (κ1) is 8.52. The van der Waals surface area contributed by atoms with Gasteiger partial charge in [0.1, 0.15) is 0 Å². The lowest BCUT2D eigenvalue weighted by molar-refractivity contribution is 0.235. The Kier molecular flexibility index (Phi) is 1.92. The monoisotopic (exact) mass is 168 g/mol. The average Bonchev–Trinajstić information content (AvgIpc) is 2.41. The van der Waals surface area contributed by atoms with Crippen LogP contribution in [0.15, 0.2) is 0 Å². The molecule has 0 aromatic heterocycles. The maximum Gasteiger partial charge on any atom is 0.00539 e. The number of nitrogens with zero attached hydrogens (tertiary/aromatic N) is 1. The van der Waals surface area contributed by atoms with Gasteiger partial charge in [-0.15, -0.1) is 0 Å². The van der Waals surface area contributed by atoms with E-state index in [-0.39, 0.29) is 0 Å². The zero-order chi connectivity index (χ0) is 8.77. The van der Waals surface area contributed by atoms with Crippen LogP contribution in [0.25, 0.3) is 0 Å². The molecule has 0 aromatic carbocycles. The molecular weight excluding hydrogens is 148 g/mol. The number of fused-ring (bicyclic) bond motifs is 1. The van der Waals surface area contributed by atoms with Gasteiger partial charge < -0.3 is 5.32 Å². The largest absolute Gasteiger partial charge is 0.316 e. The minimum atomic E-state index is 0.574. The number of nitrogens with one attached hydrogen (secondary N) is 1. The quantitative estimate of drug-likeness (QED) is 0.627. The molecule has 2 rings (SSSR count). The van der Waals surface area contributed by atoms with Gasteiger partial charge in [0.15, 0.2) is 0 Å². The first-order valence-electron chi connectivity index (χ1n) is 5.06. The van der Waals surface area contributed by atoms with Crippen LogP contribution >= 0.6 is 0 Å². The van der Waals surface area contributed by atoms with E-state index in [4.69, 9.17) is 0 Å². The van der Waals surface area contributed by atoms with E-state index in [9.17, 15) is 0 Å². The summed E-state index contributed by atoms with van der Waals surface area (Å²) < 4.78 is 0. The van der Waals surface area contributed by atoms with Crippen LogP contribution in [-0.4, -0.2) is 37.1 Å². The Bertz CT molecular complexity index is 179. The van der Waals surface area contributed by atoms with E-state index >= 15 is 0 Å². The smallest absolute Gasteiger partial charge is 0.00539 e. The molecule has 2 nitrogen and oxygen atoms in total. The topological polar surface area (TPSA) is 15.3 Å². The number of rotatable bonds is 1. The molecule has 70 valence electrons. The zero-order valence-electron chi connectivity index (χ0n) is 8.43. The van der Waals surface area contributed by atoms with E-state index in [1.54, 1.807) is 0 Å². The van der Waals surface area contributed by atoms with Crippen molar-refractivity contribution in [1.29, 1.82) is 0 Å². The Balaban J connectivity index is 2.06. The lowest BCUT2D eigenvalue weighted by Gasteiger charge is -2.24. The van der Waals surface area contributed by atoms with Gasteiger partial charge in [-0.2, -0.15) is 0 Å². The summed E-state index contributed by atoms with van der Waals surface area (Å²) >= 11 is 0. The highest BCUT2D eigenvalue weighted by Crippen LogP contribution is 2.38. The first-order chi connectivity index (χ1) is 5.62. The van der Waals surface area contributed by atoms with Crippen molar-refractivity contribution >= 4 is 0 Å². The predicted octanol–water partition coefficient (Wildman–Crippen LogP) is 0.936. The zero-order valence-corrected chi connectivity index (χ0v) is 8.43. The van der Waals surface area contributed by atoms with Crippen molar-refractivity contribution in [3.63, 3.8) is 0 Å². The third kappa shape index (κ3) is 1.17. The second kappa shape index (κ2) is 2.71. The van der Waals surface area contributed by atoms with Crippen molar-refractivity contribution in [1.82, 2.24) is 10.2 Å². The van der Waals surface area contributed by atoms with E-state index in [2.05, 4.69) is 31.0 Å². The number of hydrogen-bond donors (Lipinski definition) is 1. The van der Waals surface area contributed by atoms with Gasteiger partial charge in [-0.05, 0) is 31.7 Å². The van der Waals surface area contributed by atoms with Crippen molar-refractivity contribution in [2.24, 2.45) is 11.3 Å². The lowest BCUT2D eigenvalue weighted by atomic mass is 9.83. The van der Waals surface area contributed by atoms with Crippen LogP contribution in [0, 0.1) is 11.3 Å². The Hall–Kier alpha value is -0.0800. The minimum absolute atomic E-state index is 0.574. The fraction of sp³-hybridized carbons (Fsp3) is 1.00. The summed E-state index contributed by atoms with van der Waals surface area (Å²) in [5.41, 5.74) is 0.574. The first-order valence-corrected chi connectivity index (χ1v) is 5.06. The fourth-order valence-electron chi connectivity index (χ4n) is 2.60. The molecule has 0 saturated carbocycles. The normalized spacial score (nSPS) is 42.5. The molecule has 2 aliphatic rings. The average molecular weight is 168 g/mol. The van der Waals surface area contributed by atoms with Crippen LogP contribution < -0.4 is 5.32 Å². The van der Waals surface area contributed by atoms with Crippen LogP contribution in [0.4, 0.5) is 0 Å². The van der Waals surface area contributed by atoms with Crippen LogP contribution in [-0.2, 0) is 0 Å². The van der Waals surface area contributed by atoms with Crippen LogP contribution in [0.3, 0.4) is 0 Å². The van der Waals surface area contributed by atoms with Crippen LogP contribution in [0.1, 0.15) is 20.8 Å². The maximum absolute atomic E-state index is 3.50. The summed E-state index contributed by atoms with van der Waals surface area (Å²) in [6.45, 7) is 12.1. The van der Waals surface area contributed by atoms with Crippen molar-refractivity contribution < 1.29 is 0 Å². The molecule has 2 unspecified atom stereocenters. The Morgan fingerprint density at radius 2 is 2.25 bits per heavy atom. The van der Waals surface area contributed by atoms with Gasteiger partial charge in [0.05, 0.1) is 0 Å². The summed E-state index contributed by atoms with van der Waals surface area (Å²) in [5, 5.41) is 3.50. The standard InChI is InChI=1S/C10H20N2/c1-8(2)12-5-9-4-11-6-10(9,3)7-12/h8-9,11H,4-7H2,1-3H3. The van der Waals surface area contributed by atoms with Gasteiger partial charge in [-0.25, -0.2) is 0 Å². The fourth-order valence-corrected chi connectivity index (χ4v) is 2.60. The SMILES string of the molecule is CC(C)N1CC2CNCC2(C)C1. The number of hydrogen-bond acceptors (Lipinski definition) is 2. The molecule has 2 aliphatic heterocycles. The summed E-state index contributed by atoms with van der Waals surface area (Å²) in [6.07, 6.45) is 0. The highest BCUT2D eigenvalue weighted by Gasteiger charge is 2.46. The summed E-state index contributed by atoms with van der Waals surface area (Å²) in [5.74, 6) is 0.903. The molecule has 1 N–H and O–H groups in total. The van der Waals surface area contributed by atoms with E-state index in [0.717, 1.165) is 12.0 Å². The molecule has 12 heavy (non-hydrogen) atoms. The molecule has 2 heterocycles. The highest BCUT2D eigenvalue weighted by atomic mass is 15.2. The van der Waals surface area contributed by atoms with Gasteiger partial charge in [-0.3, -0.25) is 4.90 Å². The lowest BCUT2D eigenvalue weighted by Crippen LogP contribution is -2.34. The third-order valence-corrected chi connectivity index (χ3v) is 3.65. The molecular formula is C10H20N2. The van der Waals surface area contributed by atoms with E-state index in [0.29, 0.717) is 5.41 Å². The molecule has 2 saturated heterocycles. The molecule has 0 aliphatic carbocycles. The predicted molar refractivity (Wildman–Crippen MR) is 51.2 cm³/mol. The van der Waals surface area contributed by atoms with E-state index < -0.39 is 0 Å². The highest BCUT2D eigenvalue weighted by molar-refractivity contribution is 5.00. The van der Waals surface area contributed by atoms with Gasteiger partial charge >= 0.3 is 0 Å². The van der Waals surface area contributed by atoms with Gasteiger partial charge in [0.2, 0.25) is 0 Å². The van der Waals surface area contributed by atoms with Gasteiger partial charge in [0.25, 0.3) is 0 Å². The molecule has 2 fully saturated rings. The van der Waals surface area contributed by atoms with Crippen molar-refractivity contribution in [2.45, 2.75) is 26.8 Å². The minimum Gasteiger partial charge on any atom is -0.316 e. The van der Waals surface area contributed by atoms with E-state index in [1.807, 2.05) is 0 Å². The Morgan fingerprint density at radius 3 is 2.83 bits per heavy atom. The molecule has 0 radical (unpaired) electrons. The molecule has 0 spiro atoms. The van der Waals surface area contributed by atoms with Gasteiger partial charge in [0, 0.05) is 25.7 Å². The molecule has 0 bridgehead atoms. The molecule has 2 atom stereocenters. The van der Waals surface area contributed by atoms with Crippen LogP contribution in [0.5, 0.6) is 0 Å². The summed E-state index contributed by atoms with van der Waals surface area (Å²) in [7, 11) is 0. The summed E-state index contributed by atoms with van der Waals surface area (Å²) in [4.78, 5) is 2.62. The third-order valence-electron chi connectivity index (χ3n) is 3.65. The Labute approximate surface area is 75.3 Å². The van der Waals surface area contributed by atoms with Gasteiger partial charge in [-0.1, -0.05) is 6.92 Å². The Morgan fingerprint density at radius 1 is 1.50 bits per heavy atom. The van der Waals surface area contributed by atoms with E-state index in [1.165, 1.54) is 26.2 Å². The van der Waals surface area contributed by atoms with Crippen LogP contribution in [0.2, 0.25) is 0 Å². The van der Waals surface area contributed by atoms with Crippen molar-refractivity contribution in [3.05, 3.63) is 0 Å². The summed E-state index contributed by atoms with van der Waals surface area (Å²) in [6, 6.07) is 0.729. The second-order valence-electron chi connectivity index (χ2n) is 5.01.